The van der Waals surface area contributed by atoms with Gasteiger partial charge in [0.25, 0.3) is 0 Å². The minimum Gasteiger partial charge on any atom is -0.256 e. The zero-order chi connectivity index (χ0) is 19.9. The third-order valence-corrected chi connectivity index (χ3v) is 5.51. The van der Waals surface area contributed by atoms with E-state index in [1.54, 1.807) is 6.20 Å². The van der Waals surface area contributed by atoms with Crippen LogP contribution in [0.25, 0.3) is 27.5 Å². The van der Waals surface area contributed by atoms with Crippen LogP contribution in [0.15, 0.2) is 97.6 Å². The molecule has 0 saturated heterocycles. The highest BCUT2D eigenvalue weighted by molar-refractivity contribution is 5.81. The van der Waals surface area contributed by atoms with Gasteiger partial charge in [0.05, 0.1) is 28.8 Å². The lowest BCUT2D eigenvalue weighted by atomic mass is 9.88. The predicted molar refractivity (Wildman–Crippen MR) is 117 cm³/mol. The Labute approximate surface area is 172 Å². The number of hydrogen-bond donors (Lipinski definition) is 0. The van der Waals surface area contributed by atoms with E-state index in [9.17, 15) is 0 Å². The normalized spacial score (nSPS) is 12.5. The van der Waals surface area contributed by atoms with Gasteiger partial charge in [0.15, 0.2) is 5.65 Å². The number of benzene rings is 2. The molecule has 1 atom stereocenters. The number of fused-ring (bicyclic) bond motifs is 3. The van der Waals surface area contributed by atoms with E-state index in [1.165, 1.54) is 0 Å². The van der Waals surface area contributed by atoms with Crippen LogP contribution in [0.5, 0.6) is 0 Å². The van der Waals surface area contributed by atoms with Crippen molar-refractivity contribution < 1.29 is 0 Å². The molecule has 2 aromatic carbocycles. The van der Waals surface area contributed by atoms with E-state index in [4.69, 9.17) is 4.98 Å². The van der Waals surface area contributed by atoms with E-state index < -0.39 is 0 Å². The standard InChI is InChI=1S/C25H17N5/c1-2-7-21-17(5-1)14-20(15-27-21)25(23-16-28-24-8-4-12-29-30(23)24)19-9-10-22-18(13-19)6-3-11-26-22/h1-16,25H. The second kappa shape index (κ2) is 6.74. The fourth-order valence-electron chi connectivity index (χ4n) is 4.10. The summed E-state index contributed by atoms with van der Waals surface area (Å²) in [6.45, 7) is 0. The molecule has 0 aliphatic heterocycles. The zero-order valence-corrected chi connectivity index (χ0v) is 16.1. The molecule has 0 radical (unpaired) electrons. The summed E-state index contributed by atoms with van der Waals surface area (Å²) in [4.78, 5) is 13.8. The van der Waals surface area contributed by atoms with Crippen LogP contribution in [0.1, 0.15) is 22.7 Å². The van der Waals surface area contributed by atoms with Crippen LogP contribution in [0.3, 0.4) is 0 Å². The first kappa shape index (κ1) is 16.8. The molecule has 4 aromatic heterocycles. The van der Waals surface area contributed by atoms with Crippen molar-refractivity contribution in [1.82, 2.24) is 24.6 Å². The molecule has 0 aliphatic rings. The number of aromatic nitrogens is 5. The molecule has 0 bridgehead atoms. The van der Waals surface area contributed by atoms with E-state index in [1.807, 2.05) is 59.5 Å². The Morgan fingerprint density at radius 3 is 2.40 bits per heavy atom. The number of para-hydroxylation sites is 1. The van der Waals surface area contributed by atoms with Gasteiger partial charge < -0.3 is 0 Å². The average Bonchev–Trinajstić information content (AvgIpc) is 3.23. The lowest BCUT2D eigenvalue weighted by molar-refractivity contribution is 0.814. The van der Waals surface area contributed by atoms with Crippen LogP contribution in [-0.2, 0) is 0 Å². The van der Waals surface area contributed by atoms with E-state index in [0.717, 1.165) is 44.3 Å². The Morgan fingerprint density at radius 2 is 1.43 bits per heavy atom. The quantitative estimate of drug-likeness (QED) is 0.428. The lowest BCUT2D eigenvalue weighted by Crippen LogP contribution is -2.08. The third-order valence-electron chi connectivity index (χ3n) is 5.51. The molecular formula is C25H17N5. The van der Waals surface area contributed by atoms with Gasteiger partial charge >= 0.3 is 0 Å². The molecule has 0 aliphatic carbocycles. The van der Waals surface area contributed by atoms with Gasteiger partial charge in [-0.05, 0) is 53.6 Å². The van der Waals surface area contributed by atoms with Crippen molar-refractivity contribution in [2.45, 2.75) is 5.92 Å². The predicted octanol–water partition coefficient (Wildman–Crippen LogP) is 5.01. The molecule has 0 spiro atoms. The van der Waals surface area contributed by atoms with Crippen LogP contribution in [0, 0.1) is 0 Å². The molecule has 5 heteroatoms. The Bertz CT molecular complexity index is 1440. The highest BCUT2D eigenvalue weighted by Crippen LogP contribution is 2.34. The van der Waals surface area contributed by atoms with Crippen molar-refractivity contribution >= 4 is 27.5 Å². The molecule has 6 rings (SSSR count). The summed E-state index contributed by atoms with van der Waals surface area (Å²) < 4.78 is 1.91. The fraction of sp³-hybridized carbons (Fsp3) is 0.0400. The summed E-state index contributed by atoms with van der Waals surface area (Å²) in [6, 6.07) is 24.7. The van der Waals surface area contributed by atoms with Crippen LogP contribution in [0.2, 0.25) is 0 Å². The maximum atomic E-state index is 4.72. The molecule has 5 nitrogen and oxygen atoms in total. The second-order valence-corrected chi connectivity index (χ2v) is 7.33. The Kier molecular flexibility index (Phi) is 3.77. The smallest absolute Gasteiger partial charge is 0.153 e. The highest BCUT2D eigenvalue weighted by atomic mass is 15.3. The highest BCUT2D eigenvalue weighted by Gasteiger charge is 2.22. The zero-order valence-electron chi connectivity index (χ0n) is 16.1. The second-order valence-electron chi connectivity index (χ2n) is 7.33. The summed E-state index contributed by atoms with van der Waals surface area (Å²) in [5.41, 5.74) is 6.05. The average molecular weight is 387 g/mol. The maximum absolute atomic E-state index is 4.72. The van der Waals surface area contributed by atoms with Gasteiger partial charge in [-0.1, -0.05) is 30.3 Å². The largest absolute Gasteiger partial charge is 0.256 e. The summed E-state index contributed by atoms with van der Waals surface area (Å²) >= 11 is 0. The third kappa shape index (κ3) is 2.71. The van der Waals surface area contributed by atoms with Crippen molar-refractivity contribution in [2.24, 2.45) is 0 Å². The molecule has 0 amide bonds. The molecule has 142 valence electrons. The van der Waals surface area contributed by atoms with Crippen molar-refractivity contribution in [3.63, 3.8) is 0 Å². The summed E-state index contributed by atoms with van der Waals surface area (Å²) in [6.07, 6.45) is 7.48. The van der Waals surface area contributed by atoms with Crippen LogP contribution >= 0.6 is 0 Å². The minimum absolute atomic E-state index is 0.0587. The monoisotopic (exact) mass is 387 g/mol. The fourth-order valence-corrected chi connectivity index (χ4v) is 4.10. The Hall–Kier alpha value is -4.12. The molecule has 6 aromatic rings. The van der Waals surface area contributed by atoms with Crippen molar-refractivity contribution in [3.05, 3.63) is 114 Å². The van der Waals surface area contributed by atoms with Gasteiger partial charge in [-0.2, -0.15) is 5.10 Å². The molecule has 1 unspecified atom stereocenters. The summed E-state index contributed by atoms with van der Waals surface area (Å²) in [7, 11) is 0. The van der Waals surface area contributed by atoms with E-state index >= 15 is 0 Å². The Morgan fingerprint density at radius 1 is 0.633 bits per heavy atom. The molecule has 0 fully saturated rings. The lowest BCUT2D eigenvalue weighted by Gasteiger charge is -2.18. The summed E-state index contributed by atoms with van der Waals surface area (Å²) in [5, 5.41) is 6.78. The summed E-state index contributed by atoms with van der Waals surface area (Å²) in [5.74, 6) is -0.0587. The number of hydrogen-bond acceptors (Lipinski definition) is 4. The topological polar surface area (TPSA) is 56.0 Å². The number of rotatable bonds is 3. The Balaban J connectivity index is 1.62. The molecule has 30 heavy (non-hydrogen) atoms. The van der Waals surface area contributed by atoms with Crippen molar-refractivity contribution in [2.75, 3.05) is 0 Å². The van der Waals surface area contributed by atoms with Crippen LogP contribution < -0.4 is 0 Å². The van der Waals surface area contributed by atoms with Gasteiger partial charge in [0, 0.05) is 29.4 Å². The number of imidazole rings is 1. The van der Waals surface area contributed by atoms with E-state index in [-0.39, 0.29) is 5.92 Å². The van der Waals surface area contributed by atoms with Crippen molar-refractivity contribution in [3.8, 4) is 0 Å². The number of pyridine rings is 2. The van der Waals surface area contributed by atoms with Gasteiger partial charge in [-0.15, -0.1) is 0 Å². The number of nitrogens with zero attached hydrogens (tertiary/aromatic N) is 5. The molecule has 0 saturated carbocycles. The van der Waals surface area contributed by atoms with Gasteiger partial charge in [-0.25, -0.2) is 9.50 Å². The van der Waals surface area contributed by atoms with Crippen molar-refractivity contribution in [1.29, 1.82) is 0 Å². The van der Waals surface area contributed by atoms with Gasteiger partial charge in [-0.3, -0.25) is 9.97 Å². The first-order valence-corrected chi connectivity index (χ1v) is 9.85. The minimum atomic E-state index is -0.0587. The van der Waals surface area contributed by atoms with Crippen LogP contribution in [-0.4, -0.2) is 24.6 Å². The first-order chi connectivity index (χ1) is 14.9. The van der Waals surface area contributed by atoms with Crippen LogP contribution in [0.4, 0.5) is 0 Å². The molecule has 0 N–H and O–H groups in total. The molecule has 4 heterocycles. The van der Waals surface area contributed by atoms with Gasteiger partial charge in [0.2, 0.25) is 0 Å². The van der Waals surface area contributed by atoms with E-state index in [0.29, 0.717) is 0 Å². The molecular weight excluding hydrogens is 370 g/mol. The maximum Gasteiger partial charge on any atom is 0.153 e. The SMILES string of the molecule is c1cnc2ccc(C(c3cnc4ccccc4c3)c3cnc4cccnn34)cc2c1. The first-order valence-electron chi connectivity index (χ1n) is 9.85. The van der Waals surface area contributed by atoms with E-state index in [2.05, 4.69) is 51.5 Å². The van der Waals surface area contributed by atoms with Gasteiger partial charge in [0.1, 0.15) is 0 Å².